The summed E-state index contributed by atoms with van der Waals surface area (Å²) in [5, 5.41) is 3.18. The molecule has 0 radical (unpaired) electrons. The fourth-order valence-corrected chi connectivity index (χ4v) is 2.98. The van der Waals surface area contributed by atoms with Crippen LogP contribution in [0.2, 0.25) is 0 Å². The van der Waals surface area contributed by atoms with Crippen molar-refractivity contribution in [1.29, 1.82) is 0 Å². The summed E-state index contributed by atoms with van der Waals surface area (Å²) in [6, 6.07) is 7.13. The van der Waals surface area contributed by atoms with Gasteiger partial charge in [-0.3, -0.25) is 4.72 Å². The SMILES string of the molecule is CCCNCCCS(=O)(=O)Nc1cccc(Br)c1. The van der Waals surface area contributed by atoms with Gasteiger partial charge in [-0.2, -0.15) is 0 Å². The molecule has 0 bridgehead atoms. The molecule has 102 valence electrons. The van der Waals surface area contributed by atoms with E-state index in [4.69, 9.17) is 0 Å². The van der Waals surface area contributed by atoms with Crippen molar-refractivity contribution in [3.05, 3.63) is 28.7 Å². The van der Waals surface area contributed by atoms with Crippen molar-refractivity contribution in [2.75, 3.05) is 23.6 Å². The maximum Gasteiger partial charge on any atom is 0.232 e. The lowest BCUT2D eigenvalue weighted by molar-refractivity contribution is 0.593. The van der Waals surface area contributed by atoms with E-state index in [0.717, 1.165) is 24.0 Å². The van der Waals surface area contributed by atoms with Crippen LogP contribution in [-0.2, 0) is 10.0 Å². The quantitative estimate of drug-likeness (QED) is 0.718. The lowest BCUT2D eigenvalue weighted by Crippen LogP contribution is -2.22. The molecule has 2 N–H and O–H groups in total. The maximum absolute atomic E-state index is 11.8. The van der Waals surface area contributed by atoms with Crippen molar-refractivity contribution in [2.45, 2.75) is 19.8 Å². The summed E-state index contributed by atoms with van der Waals surface area (Å²) in [6.45, 7) is 3.74. The van der Waals surface area contributed by atoms with Gasteiger partial charge in [0.1, 0.15) is 0 Å². The minimum Gasteiger partial charge on any atom is -0.317 e. The monoisotopic (exact) mass is 334 g/mol. The molecule has 0 aliphatic carbocycles. The number of rotatable bonds is 8. The summed E-state index contributed by atoms with van der Waals surface area (Å²) in [7, 11) is -3.25. The van der Waals surface area contributed by atoms with E-state index in [1.807, 2.05) is 6.07 Å². The van der Waals surface area contributed by atoms with Crippen LogP contribution in [0.3, 0.4) is 0 Å². The summed E-state index contributed by atoms with van der Waals surface area (Å²) in [6.07, 6.45) is 1.67. The highest BCUT2D eigenvalue weighted by Gasteiger charge is 2.09. The second-order valence-corrected chi connectivity index (χ2v) is 6.79. The topological polar surface area (TPSA) is 58.2 Å². The van der Waals surface area contributed by atoms with E-state index in [1.54, 1.807) is 18.2 Å². The molecule has 1 aromatic carbocycles. The third kappa shape index (κ3) is 6.37. The Morgan fingerprint density at radius 2 is 2.06 bits per heavy atom. The number of hydrogen-bond acceptors (Lipinski definition) is 3. The number of hydrogen-bond donors (Lipinski definition) is 2. The highest BCUT2D eigenvalue weighted by atomic mass is 79.9. The molecule has 0 saturated carbocycles. The lowest BCUT2D eigenvalue weighted by atomic mass is 10.3. The van der Waals surface area contributed by atoms with Gasteiger partial charge in [0.15, 0.2) is 0 Å². The minimum absolute atomic E-state index is 0.135. The first-order chi connectivity index (χ1) is 8.53. The zero-order valence-electron chi connectivity index (χ0n) is 10.4. The second-order valence-electron chi connectivity index (χ2n) is 4.03. The maximum atomic E-state index is 11.8. The average Bonchev–Trinajstić information content (AvgIpc) is 2.28. The number of sulfonamides is 1. The Bertz CT molecular complexity index is 463. The predicted octanol–water partition coefficient (Wildman–Crippen LogP) is 2.58. The Balaban J connectivity index is 2.40. The van der Waals surface area contributed by atoms with E-state index in [-0.39, 0.29) is 5.75 Å². The van der Waals surface area contributed by atoms with E-state index in [9.17, 15) is 8.42 Å². The molecular weight excluding hydrogens is 316 g/mol. The lowest BCUT2D eigenvalue weighted by Gasteiger charge is -2.08. The second kappa shape index (κ2) is 7.76. The standard InChI is InChI=1S/C12H19BrN2O2S/c1-2-7-14-8-4-9-18(16,17)15-12-6-3-5-11(13)10-12/h3,5-6,10,14-15H,2,4,7-9H2,1H3. The van der Waals surface area contributed by atoms with Crippen molar-refractivity contribution in [2.24, 2.45) is 0 Å². The van der Waals surface area contributed by atoms with Crippen LogP contribution in [-0.4, -0.2) is 27.3 Å². The molecule has 4 nitrogen and oxygen atoms in total. The number of anilines is 1. The summed E-state index contributed by atoms with van der Waals surface area (Å²) in [5.41, 5.74) is 0.589. The molecule has 1 rings (SSSR count). The summed E-state index contributed by atoms with van der Waals surface area (Å²) in [5.74, 6) is 0.135. The Hall–Kier alpha value is -0.590. The summed E-state index contributed by atoms with van der Waals surface area (Å²) >= 11 is 3.31. The first kappa shape index (κ1) is 15.5. The van der Waals surface area contributed by atoms with Crippen molar-refractivity contribution in [1.82, 2.24) is 5.32 Å². The average molecular weight is 335 g/mol. The highest BCUT2D eigenvalue weighted by molar-refractivity contribution is 9.10. The van der Waals surface area contributed by atoms with E-state index < -0.39 is 10.0 Å². The van der Waals surface area contributed by atoms with Crippen LogP contribution in [0.15, 0.2) is 28.7 Å². The number of halogens is 1. The molecule has 0 amide bonds. The van der Waals surface area contributed by atoms with Gasteiger partial charge in [-0.1, -0.05) is 28.9 Å². The van der Waals surface area contributed by atoms with E-state index in [0.29, 0.717) is 12.1 Å². The fourth-order valence-electron chi connectivity index (χ4n) is 1.47. The Kier molecular flexibility index (Phi) is 6.67. The molecule has 18 heavy (non-hydrogen) atoms. The largest absolute Gasteiger partial charge is 0.317 e. The Morgan fingerprint density at radius 1 is 1.28 bits per heavy atom. The van der Waals surface area contributed by atoms with Gasteiger partial charge >= 0.3 is 0 Å². The molecule has 0 aliphatic rings. The molecule has 0 spiro atoms. The molecule has 0 unspecified atom stereocenters. The van der Waals surface area contributed by atoms with Crippen molar-refractivity contribution < 1.29 is 8.42 Å². The van der Waals surface area contributed by atoms with Crippen LogP contribution in [0.4, 0.5) is 5.69 Å². The van der Waals surface area contributed by atoms with Crippen molar-refractivity contribution in [3.63, 3.8) is 0 Å². The fraction of sp³-hybridized carbons (Fsp3) is 0.500. The zero-order chi connectivity index (χ0) is 13.4. The molecule has 0 aliphatic heterocycles. The smallest absolute Gasteiger partial charge is 0.232 e. The molecule has 0 atom stereocenters. The van der Waals surface area contributed by atoms with Crippen molar-refractivity contribution >= 4 is 31.6 Å². The summed E-state index contributed by atoms with van der Waals surface area (Å²) < 4.78 is 27.0. The first-order valence-electron chi connectivity index (χ1n) is 6.00. The molecule has 6 heteroatoms. The molecular formula is C12H19BrN2O2S. The van der Waals surface area contributed by atoms with Crippen LogP contribution in [0.1, 0.15) is 19.8 Å². The van der Waals surface area contributed by atoms with Gasteiger partial charge in [-0.05, 0) is 44.1 Å². The summed E-state index contributed by atoms with van der Waals surface area (Å²) in [4.78, 5) is 0. The van der Waals surface area contributed by atoms with Gasteiger partial charge in [0.05, 0.1) is 5.75 Å². The van der Waals surface area contributed by atoms with E-state index in [2.05, 4.69) is 32.9 Å². The Morgan fingerprint density at radius 3 is 2.72 bits per heavy atom. The van der Waals surface area contributed by atoms with Gasteiger partial charge in [0.25, 0.3) is 0 Å². The number of benzene rings is 1. The van der Waals surface area contributed by atoms with Crippen LogP contribution < -0.4 is 10.0 Å². The molecule has 0 saturated heterocycles. The molecule has 0 heterocycles. The normalized spacial score (nSPS) is 11.4. The third-order valence-corrected chi connectivity index (χ3v) is 4.16. The molecule has 0 fully saturated rings. The van der Waals surface area contributed by atoms with Gasteiger partial charge in [0.2, 0.25) is 10.0 Å². The van der Waals surface area contributed by atoms with Gasteiger partial charge in [-0.25, -0.2) is 8.42 Å². The minimum atomic E-state index is -3.25. The predicted molar refractivity (Wildman–Crippen MR) is 79.3 cm³/mol. The highest BCUT2D eigenvalue weighted by Crippen LogP contribution is 2.16. The first-order valence-corrected chi connectivity index (χ1v) is 8.45. The van der Waals surface area contributed by atoms with E-state index >= 15 is 0 Å². The van der Waals surface area contributed by atoms with Crippen LogP contribution in [0.5, 0.6) is 0 Å². The molecule has 1 aromatic rings. The molecule has 0 aromatic heterocycles. The van der Waals surface area contributed by atoms with Crippen LogP contribution in [0, 0.1) is 0 Å². The Labute approximate surface area is 117 Å². The van der Waals surface area contributed by atoms with Gasteiger partial charge in [0, 0.05) is 10.2 Å². The van der Waals surface area contributed by atoms with Gasteiger partial charge in [-0.15, -0.1) is 0 Å². The van der Waals surface area contributed by atoms with Gasteiger partial charge < -0.3 is 5.32 Å². The van der Waals surface area contributed by atoms with Crippen LogP contribution >= 0.6 is 15.9 Å². The number of nitrogens with one attached hydrogen (secondary N) is 2. The van der Waals surface area contributed by atoms with Crippen LogP contribution in [0.25, 0.3) is 0 Å². The van der Waals surface area contributed by atoms with E-state index in [1.165, 1.54) is 0 Å². The zero-order valence-corrected chi connectivity index (χ0v) is 12.9. The third-order valence-electron chi connectivity index (χ3n) is 2.29. The van der Waals surface area contributed by atoms with Crippen molar-refractivity contribution in [3.8, 4) is 0 Å².